The molecule has 0 bridgehead atoms. The van der Waals surface area contributed by atoms with Crippen LogP contribution in [0.5, 0.6) is 0 Å². The maximum absolute atomic E-state index is 13.7. The molecule has 6 atom stereocenters. The van der Waals surface area contributed by atoms with Crippen LogP contribution in [0, 0.1) is 0 Å². The minimum absolute atomic E-state index is 0.0307. The van der Waals surface area contributed by atoms with E-state index >= 15 is 0 Å². The Morgan fingerprint density at radius 1 is 1.14 bits per heavy atom. The van der Waals surface area contributed by atoms with E-state index < -0.39 is 24.2 Å². The number of piperidine rings is 1. The fourth-order valence-corrected chi connectivity index (χ4v) is 9.05. The van der Waals surface area contributed by atoms with Gasteiger partial charge in [0.25, 0.3) is 0 Å². The molecule has 0 N–H and O–H groups in total. The second kappa shape index (κ2) is 15.7. The molecular formula is C33H39N3O6SSe. The number of hydrogen-bond acceptors (Lipinski definition) is 8. The molecule has 3 aromatic rings. The minimum atomic E-state index is -0.549. The molecule has 0 radical (unpaired) electrons. The van der Waals surface area contributed by atoms with E-state index in [2.05, 4.69) is 24.0 Å². The van der Waals surface area contributed by atoms with Crippen molar-refractivity contribution in [3.05, 3.63) is 84.9 Å². The van der Waals surface area contributed by atoms with Crippen LogP contribution in [0.15, 0.2) is 79.4 Å². The van der Waals surface area contributed by atoms with Crippen LogP contribution < -0.4 is 4.46 Å². The summed E-state index contributed by atoms with van der Waals surface area (Å²) in [4.78, 5) is 32.1. The molecule has 2 aromatic carbocycles. The monoisotopic (exact) mass is 685 g/mol. The quantitative estimate of drug-likeness (QED) is 0.109. The summed E-state index contributed by atoms with van der Waals surface area (Å²) in [5.74, 6) is -0.396. The Morgan fingerprint density at radius 3 is 2.57 bits per heavy atom. The van der Waals surface area contributed by atoms with Gasteiger partial charge in [0.1, 0.15) is 0 Å². The van der Waals surface area contributed by atoms with E-state index in [-0.39, 0.29) is 49.6 Å². The number of fused-ring (bicyclic) bond motifs is 1. The van der Waals surface area contributed by atoms with Crippen LogP contribution in [-0.4, -0.2) is 84.2 Å². The van der Waals surface area contributed by atoms with E-state index in [0.29, 0.717) is 13.0 Å². The van der Waals surface area contributed by atoms with Gasteiger partial charge in [0.05, 0.1) is 0 Å². The zero-order valence-electron chi connectivity index (χ0n) is 25.0. The zero-order valence-corrected chi connectivity index (χ0v) is 27.6. The second-order valence-corrected chi connectivity index (χ2v) is 14.0. The summed E-state index contributed by atoms with van der Waals surface area (Å²) in [5, 5.41) is 0.272. The number of amides is 1. The Bertz CT molecular complexity index is 1360. The van der Waals surface area contributed by atoms with E-state index in [1.807, 2.05) is 48.5 Å². The van der Waals surface area contributed by atoms with E-state index in [1.165, 1.54) is 11.6 Å². The van der Waals surface area contributed by atoms with Gasteiger partial charge in [-0.15, -0.1) is 0 Å². The van der Waals surface area contributed by atoms with Crippen LogP contribution in [0.1, 0.15) is 51.0 Å². The summed E-state index contributed by atoms with van der Waals surface area (Å²) in [7, 11) is 1.36. The van der Waals surface area contributed by atoms with Crippen molar-refractivity contribution in [1.29, 1.82) is 0 Å². The molecule has 0 unspecified atom stereocenters. The number of cyclic esters (lactones) is 1. The topological polar surface area (TPSA) is 92.1 Å². The first kappa shape index (κ1) is 32.2. The number of nitrogens with zero attached hydrogens (tertiary/aromatic N) is 3. The average molecular weight is 685 g/mol. The Labute approximate surface area is 270 Å². The number of esters is 1. The third-order valence-corrected chi connectivity index (χ3v) is 11.3. The van der Waals surface area contributed by atoms with Gasteiger partial charge >= 0.3 is 271 Å². The third kappa shape index (κ3) is 7.88. The van der Waals surface area contributed by atoms with Gasteiger partial charge in [0, 0.05) is 0 Å². The van der Waals surface area contributed by atoms with Gasteiger partial charge in [0.2, 0.25) is 0 Å². The molecule has 0 spiro atoms. The van der Waals surface area contributed by atoms with E-state index in [1.54, 1.807) is 28.2 Å². The molecule has 1 aromatic heterocycles. The van der Waals surface area contributed by atoms with Crippen molar-refractivity contribution >= 4 is 48.9 Å². The SMILES string of the molecule is CCCCC[C@H](OCc1ccccc1)[C@@H]1OC(=O)N2[C@@H](CC(=O)OC)C[C@@H](OC(=S)n3ccnc3)[C@@H]([Se]c3ccccc3)[C@H]12. The van der Waals surface area contributed by atoms with Crippen molar-refractivity contribution in [3.8, 4) is 0 Å². The Hall–Kier alpha value is -3.24. The number of carbonyl (C=O) groups excluding carboxylic acids is 2. The fraction of sp³-hybridized carbons (Fsp3) is 0.455. The Morgan fingerprint density at radius 2 is 1.89 bits per heavy atom. The van der Waals surface area contributed by atoms with Crippen molar-refractivity contribution < 1.29 is 28.5 Å². The number of benzene rings is 2. The van der Waals surface area contributed by atoms with Crippen molar-refractivity contribution in [1.82, 2.24) is 14.5 Å². The average Bonchev–Trinajstić information content (AvgIpc) is 3.70. The molecule has 1 amide bonds. The summed E-state index contributed by atoms with van der Waals surface area (Å²) in [6, 6.07) is 19.4. The van der Waals surface area contributed by atoms with Crippen molar-refractivity contribution in [2.45, 2.75) is 87.3 Å². The van der Waals surface area contributed by atoms with Gasteiger partial charge in [-0.3, -0.25) is 0 Å². The number of rotatable bonds is 13. The number of methoxy groups -OCH3 is 1. The fourth-order valence-electron chi connectivity index (χ4n) is 5.94. The molecule has 2 saturated heterocycles. The molecular weight excluding hydrogens is 645 g/mol. The van der Waals surface area contributed by atoms with E-state index in [9.17, 15) is 9.59 Å². The van der Waals surface area contributed by atoms with Crippen LogP contribution in [0.3, 0.4) is 0 Å². The van der Waals surface area contributed by atoms with Crippen molar-refractivity contribution in [3.63, 3.8) is 0 Å². The first-order valence-electron chi connectivity index (χ1n) is 15.1. The van der Waals surface area contributed by atoms with Gasteiger partial charge in [-0.2, -0.15) is 0 Å². The van der Waals surface area contributed by atoms with Crippen LogP contribution >= 0.6 is 12.2 Å². The van der Waals surface area contributed by atoms with Crippen LogP contribution in [0.25, 0.3) is 0 Å². The molecule has 234 valence electrons. The molecule has 0 aliphatic carbocycles. The maximum atomic E-state index is 13.7. The summed E-state index contributed by atoms with van der Waals surface area (Å²) >= 11 is 5.56. The zero-order chi connectivity index (χ0) is 30.9. The predicted molar refractivity (Wildman–Crippen MR) is 171 cm³/mol. The predicted octanol–water partition coefficient (Wildman–Crippen LogP) is 4.91. The van der Waals surface area contributed by atoms with E-state index in [4.69, 9.17) is 31.2 Å². The first-order valence-corrected chi connectivity index (χ1v) is 17.4. The molecule has 3 heterocycles. The molecule has 0 saturated carbocycles. The van der Waals surface area contributed by atoms with E-state index in [0.717, 1.165) is 31.2 Å². The standard InChI is InChI=1S/C33H39N3O6SSe/c1-3-4-7-16-26(40-21-23-12-8-5-9-13-23)30-29-31(44-25-14-10-6-11-15-25)27(41-33(43)35-18-17-34-22-35)19-24(20-28(37)39-2)36(29)32(38)42-30/h5-6,8-15,17-18,22,24,26-27,29-31H,3-4,7,16,19-21H2,1-2H3/t24-,26+,27-,29+,30+,31-/m1/s1. The molecule has 2 fully saturated rings. The summed E-state index contributed by atoms with van der Waals surface area (Å²) in [6.07, 6.45) is 7.53. The summed E-state index contributed by atoms with van der Waals surface area (Å²) in [5.41, 5.74) is 1.05. The molecule has 2 aliphatic heterocycles. The summed E-state index contributed by atoms with van der Waals surface area (Å²) < 4.78 is 27.3. The number of hydrogen-bond donors (Lipinski definition) is 0. The number of aromatic nitrogens is 2. The molecule has 2 aliphatic rings. The number of thiocarbonyl (C=S) groups is 1. The number of imidazole rings is 1. The van der Waals surface area contributed by atoms with Gasteiger partial charge < -0.3 is 0 Å². The normalized spacial score (nSPS) is 23.5. The Kier molecular flexibility index (Phi) is 11.4. The van der Waals surface area contributed by atoms with Gasteiger partial charge in [-0.05, 0) is 0 Å². The van der Waals surface area contributed by atoms with Crippen LogP contribution in [0.2, 0.25) is 4.82 Å². The summed E-state index contributed by atoms with van der Waals surface area (Å²) in [6.45, 7) is 2.57. The third-order valence-electron chi connectivity index (χ3n) is 8.08. The molecule has 44 heavy (non-hydrogen) atoms. The van der Waals surface area contributed by atoms with Crippen LogP contribution in [-0.2, 0) is 30.3 Å². The van der Waals surface area contributed by atoms with Crippen molar-refractivity contribution in [2.24, 2.45) is 0 Å². The van der Waals surface area contributed by atoms with Gasteiger partial charge in [0.15, 0.2) is 0 Å². The second-order valence-electron chi connectivity index (χ2n) is 11.0. The van der Waals surface area contributed by atoms with Crippen LogP contribution in [0.4, 0.5) is 4.79 Å². The Balaban J connectivity index is 1.51. The van der Waals surface area contributed by atoms with Gasteiger partial charge in [-0.25, -0.2) is 0 Å². The first-order chi connectivity index (χ1) is 21.5. The molecule has 9 nitrogen and oxygen atoms in total. The van der Waals surface area contributed by atoms with Crippen molar-refractivity contribution in [2.75, 3.05) is 7.11 Å². The molecule has 5 rings (SSSR count). The number of unbranched alkanes of at least 4 members (excludes halogenated alkanes) is 2. The number of carbonyl (C=O) groups is 2. The molecule has 11 heteroatoms. The van der Waals surface area contributed by atoms with Gasteiger partial charge in [-0.1, -0.05) is 0 Å². The number of ether oxygens (including phenoxy) is 4.